The molecule has 2 aromatic rings. The molecule has 0 aliphatic rings. The van der Waals surface area contributed by atoms with Crippen LogP contribution >= 0.6 is 0 Å². The maximum Gasteiger partial charge on any atom is 0.254 e. The van der Waals surface area contributed by atoms with Gasteiger partial charge in [-0.25, -0.2) is 8.42 Å². The first-order valence-corrected chi connectivity index (χ1v) is 10.7. The lowest BCUT2D eigenvalue weighted by Crippen LogP contribution is -2.36. The summed E-state index contributed by atoms with van der Waals surface area (Å²) in [6, 6.07) is 16.1. The van der Waals surface area contributed by atoms with E-state index in [9.17, 15) is 13.2 Å². The number of carbonyl (C=O) groups excluding carboxylic acids is 1. The van der Waals surface area contributed by atoms with Crippen LogP contribution in [-0.2, 0) is 16.6 Å². The first-order chi connectivity index (χ1) is 12.8. The number of benzene rings is 2. The zero-order chi connectivity index (χ0) is 20.0. The number of rotatable bonds is 8. The number of nitrogens with zero attached hydrogens (tertiary/aromatic N) is 2. The van der Waals surface area contributed by atoms with Crippen LogP contribution in [0.1, 0.15) is 43.6 Å². The van der Waals surface area contributed by atoms with E-state index in [4.69, 9.17) is 0 Å². The van der Waals surface area contributed by atoms with Crippen LogP contribution in [0.4, 0.5) is 0 Å². The minimum atomic E-state index is -3.60. The van der Waals surface area contributed by atoms with Gasteiger partial charge in [0.05, 0.1) is 4.90 Å². The molecule has 5 nitrogen and oxygen atoms in total. The van der Waals surface area contributed by atoms with E-state index >= 15 is 0 Å². The Morgan fingerprint density at radius 2 is 1.59 bits per heavy atom. The van der Waals surface area contributed by atoms with Crippen LogP contribution in [0.5, 0.6) is 0 Å². The van der Waals surface area contributed by atoms with Gasteiger partial charge in [0.2, 0.25) is 10.0 Å². The predicted octanol–water partition coefficient (Wildman–Crippen LogP) is 3.77. The molecule has 0 saturated heterocycles. The molecule has 27 heavy (non-hydrogen) atoms. The first-order valence-electron chi connectivity index (χ1n) is 9.26. The molecule has 0 aliphatic carbocycles. The van der Waals surface area contributed by atoms with Crippen LogP contribution in [0.25, 0.3) is 0 Å². The average molecular weight is 389 g/mol. The van der Waals surface area contributed by atoms with Crippen molar-refractivity contribution >= 4 is 15.9 Å². The van der Waals surface area contributed by atoms with Crippen molar-refractivity contribution in [1.29, 1.82) is 0 Å². The SMILES string of the molecule is CCN(CC)S(=O)(=O)c1cccc(C(=O)N(Cc2ccccc2)C(C)C)c1. The van der Waals surface area contributed by atoms with Gasteiger partial charge < -0.3 is 4.90 Å². The Hall–Kier alpha value is -2.18. The smallest absolute Gasteiger partial charge is 0.254 e. The Morgan fingerprint density at radius 1 is 0.963 bits per heavy atom. The molecular weight excluding hydrogens is 360 g/mol. The fourth-order valence-corrected chi connectivity index (χ4v) is 4.44. The molecule has 0 aliphatic heterocycles. The fraction of sp³-hybridized carbons (Fsp3) is 0.381. The van der Waals surface area contributed by atoms with Gasteiger partial charge in [-0.05, 0) is 37.6 Å². The number of hydrogen-bond donors (Lipinski definition) is 0. The van der Waals surface area contributed by atoms with Gasteiger partial charge in [-0.2, -0.15) is 4.31 Å². The molecule has 146 valence electrons. The number of sulfonamides is 1. The van der Waals surface area contributed by atoms with E-state index in [0.29, 0.717) is 25.2 Å². The third-order valence-corrected chi connectivity index (χ3v) is 6.55. The molecule has 6 heteroatoms. The van der Waals surface area contributed by atoms with Crippen molar-refractivity contribution < 1.29 is 13.2 Å². The summed E-state index contributed by atoms with van der Waals surface area (Å²) < 4.78 is 26.9. The molecule has 0 fully saturated rings. The van der Waals surface area contributed by atoms with Crippen molar-refractivity contribution in [3.63, 3.8) is 0 Å². The van der Waals surface area contributed by atoms with Crippen LogP contribution in [-0.4, -0.2) is 42.7 Å². The van der Waals surface area contributed by atoms with E-state index in [1.807, 2.05) is 44.2 Å². The standard InChI is InChI=1S/C21H28N2O3S/c1-5-22(6-2)27(25,26)20-14-10-13-19(15-20)21(24)23(17(3)4)16-18-11-8-7-9-12-18/h7-15,17H,5-6,16H2,1-4H3. The van der Waals surface area contributed by atoms with Gasteiger partial charge in [-0.3, -0.25) is 4.79 Å². The monoisotopic (exact) mass is 388 g/mol. The second-order valence-electron chi connectivity index (χ2n) is 6.63. The third-order valence-electron chi connectivity index (χ3n) is 4.50. The van der Waals surface area contributed by atoms with Crippen molar-refractivity contribution in [3.05, 3.63) is 65.7 Å². The van der Waals surface area contributed by atoms with Crippen LogP contribution in [0.3, 0.4) is 0 Å². The molecule has 1 amide bonds. The molecule has 2 rings (SSSR count). The van der Waals surface area contributed by atoms with Gasteiger partial charge in [0, 0.05) is 31.2 Å². The van der Waals surface area contributed by atoms with E-state index < -0.39 is 10.0 Å². The largest absolute Gasteiger partial charge is 0.332 e. The zero-order valence-corrected chi connectivity index (χ0v) is 17.2. The minimum Gasteiger partial charge on any atom is -0.332 e. The van der Waals surface area contributed by atoms with Crippen molar-refractivity contribution in [2.45, 2.75) is 45.2 Å². The molecule has 0 unspecified atom stereocenters. The van der Waals surface area contributed by atoms with E-state index in [0.717, 1.165) is 5.56 Å². The fourth-order valence-electron chi connectivity index (χ4n) is 2.94. The molecule has 0 spiro atoms. The number of carbonyl (C=O) groups is 1. The van der Waals surface area contributed by atoms with E-state index in [2.05, 4.69) is 0 Å². The molecule has 0 radical (unpaired) electrons. The highest BCUT2D eigenvalue weighted by molar-refractivity contribution is 7.89. The maximum absolute atomic E-state index is 13.1. The van der Waals surface area contributed by atoms with Crippen molar-refractivity contribution in [1.82, 2.24) is 9.21 Å². The highest BCUT2D eigenvalue weighted by Gasteiger charge is 2.24. The quantitative estimate of drug-likeness (QED) is 0.692. The van der Waals surface area contributed by atoms with E-state index in [-0.39, 0.29) is 16.8 Å². The average Bonchev–Trinajstić information content (AvgIpc) is 2.67. The van der Waals surface area contributed by atoms with Gasteiger partial charge in [0.25, 0.3) is 5.91 Å². The lowest BCUT2D eigenvalue weighted by Gasteiger charge is -2.27. The summed E-state index contributed by atoms with van der Waals surface area (Å²) in [5.41, 5.74) is 1.42. The van der Waals surface area contributed by atoms with Gasteiger partial charge in [-0.1, -0.05) is 50.2 Å². The molecule has 2 aromatic carbocycles. The van der Waals surface area contributed by atoms with E-state index in [1.54, 1.807) is 36.9 Å². The Kier molecular flexibility index (Phi) is 7.16. The van der Waals surface area contributed by atoms with Crippen LogP contribution < -0.4 is 0 Å². The van der Waals surface area contributed by atoms with Gasteiger partial charge in [-0.15, -0.1) is 0 Å². The summed E-state index contributed by atoms with van der Waals surface area (Å²) in [5, 5.41) is 0. The Balaban J connectivity index is 2.34. The lowest BCUT2D eigenvalue weighted by molar-refractivity contribution is 0.0690. The highest BCUT2D eigenvalue weighted by atomic mass is 32.2. The van der Waals surface area contributed by atoms with Crippen molar-refractivity contribution in [2.24, 2.45) is 0 Å². The molecule has 0 saturated carbocycles. The molecule has 0 N–H and O–H groups in total. The number of amides is 1. The summed E-state index contributed by atoms with van der Waals surface area (Å²) >= 11 is 0. The third kappa shape index (κ3) is 4.96. The van der Waals surface area contributed by atoms with Crippen LogP contribution in [0.2, 0.25) is 0 Å². The Bertz CT molecular complexity index is 860. The van der Waals surface area contributed by atoms with E-state index in [1.165, 1.54) is 10.4 Å². The summed E-state index contributed by atoms with van der Waals surface area (Å²) in [4.78, 5) is 15.0. The minimum absolute atomic E-state index is 0.0132. The molecule has 0 heterocycles. The van der Waals surface area contributed by atoms with Crippen LogP contribution in [0, 0.1) is 0 Å². The summed E-state index contributed by atoms with van der Waals surface area (Å²) in [6.07, 6.45) is 0. The second kappa shape index (κ2) is 9.15. The predicted molar refractivity (Wildman–Crippen MR) is 108 cm³/mol. The summed E-state index contributed by atoms with van der Waals surface area (Å²) in [5.74, 6) is -0.176. The molecule has 0 bridgehead atoms. The molecule has 0 aromatic heterocycles. The van der Waals surface area contributed by atoms with Gasteiger partial charge >= 0.3 is 0 Å². The molecule has 0 atom stereocenters. The highest BCUT2D eigenvalue weighted by Crippen LogP contribution is 2.19. The van der Waals surface area contributed by atoms with Crippen LogP contribution in [0.15, 0.2) is 59.5 Å². The zero-order valence-electron chi connectivity index (χ0n) is 16.4. The first kappa shape index (κ1) is 21.1. The summed E-state index contributed by atoms with van der Waals surface area (Å²) in [6.45, 7) is 8.78. The summed E-state index contributed by atoms with van der Waals surface area (Å²) in [7, 11) is -3.60. The Morgan fingerprint density at radius 3 is 2.15 bits per heavy atom. The van der Waals surface area contributed by atoms with Gasteiger partial charge in [0.15, 0.2) is 0 Å². The lowest BCUT2D eigenvalue weighted by atomic mass is 10.1. The maximum atomic E-state index is 13.1. The number of hydrogen-bond acceptors (Lipinski definition) is 3. The topological polar surface area (TPSA) is 57.7 Å². The van der Waals surface area contributed by atoms with Crippen molar-refractivity contribution in [2.75, 3.05) is 13.1 Å². The second-order valence-corrected chi connectivity index (χ2v) is 8.57. The van der Waals surface area contributed by atoms with Gasteiger partial charge in [0.1, 0.15) is 0 Å². The normalized spacial score (nSPS) is 11.8. The Labute approximate surface area is 162 Å². The molecular formula is C21H28N2O3S. The van der Waals surface area contributed by atoms with Crippen molar-refractivity contribution in [3.8, 4) is 0 Å².